The van der Waals surface area contributed by atoms with E-state index in [1.807, 2.05) is 0 Å². The minimum absolute atomic E-state index is 0. The van der Waals surface area contributed by atoms with E-state index < -0.39 is 0 Å². The molecule has 2 heterocycles. The van der Waals surface area contributed by atoms with Crippen molar-refractivity contribution < 1.29 is 0 Å². The molecule has 3 rings (SSSR count). The van der Waals surface area contributed by atoms with Gasteiger partial charge in [-0.05, 0) is 23.6 Å². The van der Waals surface area contributed by atoms with Crippen LogP contribution in [-0.2, 0) is 20.1 Å². The third kappa shape index (κ3) is 6.24. The molecule has 8 nitrogen and oxygen atoms in total. The number of piperidine rings is 1. The number of aliphatic imine (C=N–C) groups is 1. The first kappa shape index (κ1) is 19.6. The molecule has 1 aromatic carbocycles. The molecule has 1 saturated heterocycles. The van der Waals surface area contributed by atoms with Crippen LogP contribution in [0.2, 0.25) is 0 Å². The quantitative estimate of drug-likeness (QED) is 0.394. The van der Waals surface area contributed by atoms with E-state index in [1.165, 1.54) is 10.4 Å². The fourth-order valence-corrected chi connectivity index (χ4v) is 2.87. The minimum atomic E-state index is 0. The molecule has 1 fully saturated rings. The highest BCUT2D eigenvalue weighted by molar-refractivity contribution is 14.0. The van der Waals surface area contributed by atoms with Gasteiger partial charge in [0.15, 0.2) is 11.8 Å². The van der Waals surface area contributed by atoms with Gasteiger partial charge in [-0.3, -0.25) is 4.90 Å². The normalized spacial score (nSPS) is 16.4. The number of rotatable bonds is 5. The zero-order valence-electron chi connectivity index (χ0n) is 14.4. The number of nitrogens with zero attached hydrogens (tertiary/aromatic N) is 6. The molecule has 0 spiro atoms. The summed E-state index contributed by atoms with van der Waals surface area (Å²) in [7, 11) is 1.73. The molecular formula is C16H25IN8. The highest BCUT2D eigenvalue weighted by Gasteiger charge is 2.19. The largest absolute Gasteiger partial charge is 0.370 e. The van der Waals surface area contributed by atoms with Crippen molar-refractivity contribution in [2.24, 2.45) is 17.8 Å². The third-order valence-corrected chi connectivity index (χ3v) is 4.13. The van der Waals surface area contributed by atoms with Gasteiger partial charge >= 0.3 is 0 Å². The van der Waals surface area contributed by atoms with Crippen LogP contribution in [0.3, 0.4) is 0 Å². The molecule has 2 aromatic rings. The molecule has 0 radical (unpaired) electrons. The first-order valence-electron chi connectivity index (χ1n) is 8.24. The molecule has 25 heavy (non-hydrogen) atoms. The topological polar surface area (TPSA) is 97.2 Å². The molecule has 3 N–H and O–H groups in total. The van der Waals surface area contributed by atoms with Gasteiger partial charge in [0.2, 0.25) is 0 Å². The fourth-order valence-electron chi connectivity index (χ4n) is 2.87. The molecule has 1 aliphatic rings. The van der Waals surface area contributed by atoms with E-state index in [-0.39, 0.29) is 24.0 Å². The Balaban J connectivity index is 0.00000225. The van der Waals surface area contributed by atoms with Crippen LogP contribution in [0.4, 0.5) is 0 Å². The van der Waals surface area contributed by atoms with E-state index in [0.29, 0.717) is 24.4 Å². The van der Waals surface area contributed by atoms with Crippen LogP contribution >= 0.6 is 24.0 Å². The number of guanidine groups is 1. The molecule has 136 valence electrons. The van der Waals surface area contributed by atoms with Crippen molar-refractivity contribution in [2.75, 3.05) is 13.1 Å². The van der Waals surface area contributed by atoms with E-state index in [4.69, 9.17) is 5.73 Å². The van der Waals surface area contributed by atoms with Gasteiger partial charge in [0, 0.05) is 25.7 Å². The highest BCUT2D eigenvalue weighted by atomic mass is 127. The SMILES string of the molecule is Cn1nnc(CN=C(N)NC2CCN(Cc3ccccc3)CC2)n1.I. The highest BCUT2D eigenvalue weighted by Crippen LogP contribution is 2.13. The molecule has 0 atom stereocenters. The van der Waals surface area contributed by atoms with E-state index in [0.717, 1.165) is 32.5 Å². The summed E-state index contributed by atoms with van der Waals surface area (Å²) in [4.78, 5) is 8.17. The van der Waals surface area contributed by atoms with Gasteiger partial charge in [-0.15, -0.1) is 34.2 Å². The summed E-state index contributed by atoms with van der Waals surface area (Å²) in [5.41, 5.74) is 7.32. The fraction of sp³-hybridized carbons (Fsp3) is 0.500. The monoisotopic (exact) mass is 456 g/mol. The van der Waals surface area contributed by atoms with Gasteiger partial charge in [0.05, 0.1) is 7.05 Å². The van der Waals surface area contributed by atoms with Gasteiger partial charge in [0.1, 0.15) is 6.54 Å². The van der Waals surface area contributed by atoms with Crippen LogP contribution in [0.1, 0.15) is 24.2 Å². The molecular weight excluding hydrogens is 431 g/mol. The van der Waals surface area contributed by atoms with Gasteiger partial charge in [-0.1, -0.05) is 30.3 Å². The second kappa shape index (κ2) is 9.66. The van der Waals surface area contributed by atoms with E-state index in [9.17, 15) is 0 Å². The number of aryl methyl sites for hydroxylation is 1. The summed E-state index contributed by atoms with van der Waals surface area (Å²) in [6.45, 7) is 3.48. The smallest absolute Gasteiger partial charge is 0.196 e. The van der Waals surface area contributed by atoms with E-state index in [2.05, 4.69) is 61.0 Å². The average Bonchev–Trinajstić information content (AvgIpc) is 3.01. The summed E-state index contributed by atoms with van der Waals surface area (Å²) in [6.07, 6.45) is 2.12. The summed E-state index contributed by atoms with van der Waals surface area (Å²) >= 11 is 0. The van der Waals surface area contributed by atoms with Crippen molar-refractivity contribution >= 4 is 29.9 Å². The predicted octanol–water partition coefficient (Wildman–Crippen LogP) is 0.897. The van der Waals surface area contributed by atoms with Crippen molar-refractivity contribution in [1.82, 2.24) is 30.4 Å². The minimum Gasteiger partial charge on any atom is -0.370 e. The van der Waals surface area contributed by atoms with Gasteiger partial charge in [-0.25, -0.2) is 4.99 Å². The van der Waals surface area contributed by atoms with Gasteiger partial charge in [-0.2, -0.15) is 4.80 Å². The number of tetrazole rings is 1. The number of likely N-dealkylation sites (tertiary alicyclic amines) is 1. The zero-order valence-corrected chi connectivity index (χ0v) is 16.7. The van der Waals surface area contributed by atoms with Crippen LogP contribution in [0.5, 0.6) is 0 Å². The van der Waals surface area contributed by atoms with E-state index >= 15 is 0 Å². The maximum Gasteiger partial charge on any atom is 0.196 e. The maximum atomic E-state index is 5.96. The van der Waals surface area contributed by atoms with Crippen LogP contribution in [0, 0.1) is 0 Å². The Hall–Kier alpha value is -1.75. The number of nitrogens with one attached hydrogen (secondary N) is 1. The van der Waals surface area contributed by atoms with E-state index in [1.54, 1.807) is 7.05 Å². The number of aromatic nitrogens is 4. The lowest BCUT2D eigenvalue weighted by Crippen LogP contribution is -2.46. The molecule has 9 heteroatoms. The number of halogens is 1. The molecule has 0 amide bonds. The van der Waals surface area contributed by atoms with Crippen LogP contribution < -0.4 is 11.1 Å². The first-order valence-corrected chi connectivity index (χ1v) is 8.24. The maximum absolute atomic E-state index is 5.96. The zero-order chi connectivity index (χ0) is 16.8. The summed E-state index contributed by atoms with van der Waals surface area (Å²) < 4.78 is 0. The predicted molar refractivity (Wildman–Crippen MR) is 107 cm³/mol. The van der Waals surface area contributed by atoms with Crippen LogP contribution in [-0.4, -0.2) is 50.2 Å². The average molecular weight is 456 g/mol. The van der Waals surface area contributed by atoms with Crippen molar-refractivity contribution in [3.05, 3.63) is 41.7 Å². The Morgan fingerprint density at radius 2 is 2.00 bits per heavy atom. The van der Waals surface area contributed by atoms with Crippen molar-refractivity contribution in [2.45, 2.75) is 32.0 Å². The molecule has 0 unspecified atom stereocenters. The Labute approximate surface area is 164 Å². The number of hydrogen-bond acceptors (Lipinski definition) is 5. The number of nitrogens with two attached hydrogens (primary N) is 1. The molecule has 0 bridgehead atoms. The van der Waals surface area contributed by atoms with Gasteiger partial charge in [0.25, 0.3) is 0 Å². The van der Waals surface area contributed by atoms with Crippen molar-refractivity contribution in [3.63, 3.8) is 0 Å². The molecule has 0 aliphatic carbocycles. The number of benzene rings is 1. The Morgan fingerprint density at radius 1 is 1.28 bits per heavy atom. The second-order valence-corrected chi connectivity index (χ2v) is 6.08. The third-order valence-electron chi connectivity index (χ3n) is 4.13. The lowest BCUT2D eigenvalue weighted by atomic mass is 10.0. The number of hydrogen-bond donors (Lipinski definition) is 2. The Kier molecular flexibility index (Phi) is 7.56. The first-order chi connectivity index (χ1) is 11.7. The molecule has 1 aliphatic heterocycles. The van der Waals surface area contributed by atoms with Crippen LogP contribution in [0.15, 0.2) is 35.3 Å². The summed E-state index contributed by atoms with van der Waals surface area (Å²) in [5, 5.41) is 15.0. The van der Waals surface area contributed by atoms with Crippen molar-refractivity contribution in [1.29, 1.82) is 0 Å². The summed E-state index contributed by atoms with van der Waals surface area (Å²) in [6, 6.07) is 11.0. The Bertz CT molecular complexity index is 664. The lowest BCUT2D eigenvalue weighted by Gasteiger charge is -2.32. The Morgan fingerprint density at radius 3 is 2.64 bits per heavy atom. The molecule has 0 saturated carbocycles. The standard InChI is InChI=1S/C16H24N8.HI/c1-23-21-15(20-22-23)11-18-16(17)19-14-7-9-24(10-8-14)12-13-5-3-2-4-6-13;/h2-6,14H,7-12H2,1H3,(H3,17,18,19);1H. The molecule has 1 aromatic heterocycles. The van der Waals surface area contributed by atoms with Gasteiger partial charge < -0.3 is 11.1 Å². The van der Waals surface area contributed by atoms with Crippen molar-refractivity contribution in [3.8, 4) is 0 Å². The second-order valence-electron chi connectivity index (χ2n) is 6.08. The lowest BCUT2D eigenvalue weighted by molar-refractivity contribution is 0.199. The summed E-state index contributed by atoms with van der Waals surface area (Å²) in [5.74, 6) is 1.02. The van der Waals surface area contributed by atoms with Crippen LogP contribution in [0.25, 0.3) is 0 Å².